The van der Waals surface area contributed by atoms with Crippen LogP contribution in [0.5, 0.6) is 0 Å². The van der Waals surface area contributed by atoms with E-state index in [4.69, 9.17) is 5.26 Å². The van der Waals surface area contributed by atoms with E-state index in [1.54, 1.807) is 0 Å². The molecule has 5 heteroatoms. The molecule has 0 atom stereocenters. The number of aryl methyl sites for hydroxylation is 1. The largest absolute Gasteiger partial charge is 0.417 e. The van der Waals surface area contributed by atoms with Crippen molar-refractivity contribution in [2.24, 2.45) is 0 Å². The molecule has 0 N–H and O–H groups in total. The second-order valence-corrected chi connectivity index (χ2v) is 2.48. The van der Waals surface area contributed by atoms with Crippen LogP contribution in [0.2, 0.25) is 0 Å². The van der Waals surface area contributed by atoms with Crippen molar-refractivity contribution in [1.82, 2.24) is 4.98 Å². The monoisotopic (exact) mass is 216 g/mol. The van der Waals surface area contributed by atoms with E-state index in [9.17, 15) is 13.2 Å². The average molecular weight is 216 g/mol. The number of rotatable bonds is 0. The van der Waals surface area contributed by atoms with E-state index in [1.165, 1.54) is 13.0 Å². The van der Waals surface area contributed by atoms with E-state index in [0.717, 1.165) is 12.3 Å². The molecule has 0 radical (unpaired) electrons. The van der Waals surface area contributed by atoms with E-state index < -0.39 is 17.3 Å². The molecule has 0 aliphatic rings. The lowest BCUT2D eigenvalue weighted by molar-refractivity contribution is -0.137. The Kier molecular flexibility index (Phi) is 4.79. The molecule has 0 amide bonds. The van der Waals surface area contributed by atoms with Crippen LogP contribution in [0.3, 0.4) is 0 Å². The molecular weight excluding hydrogens is 205 g/mol. The molecule has 15 heavy (non-hydrogen) atoms. The summed E-state index contributed by atoms with van der Waals surface area (Å²) in [6, 6.07) is 2.31. The zero-order valence-electron chi connectivity index (χ0n) is 8.68. The molecule has 0 saturated heterocycles. The Morgan fingerprint density at radius 3 is 2.27 bits per heavy atom. The lowest BCUT2D eigenvalue weighted by Gasteiger charge is -2.08. The first kappa shape index (κ1) is 13.4. The lowest BCUT2D eigenvalue weighted by Crippen LogP contribution is -2.08. The fraction of sp³-hybridized carbons (Fsp3) is 0.400. The fourth-order valence-corrected chi connectivity index (χ4v) is 0.883. The standard InChI is InChI=1S/C8H5F3N2.C2H6/c1-5-2-7(8(9,10)11)6(3-12)4-13-5;1-2/h2,4H,1H3;1-2H3. The maximum absolute atomic E-state index is 12.2. The zero-order valence-corrected chi connectivity index (χ0v) is 8.68. The molecule has 0 aliphatic carbocycles. The van der Waals surface area contributed by atoms with Gasteiger partial charge in [-0.2, -0.15) is 18.4 Å². The second kappa shape index (κ2) is 5.35. The number of hydrogen-bond donors (Lipinski definition) is 0. The maximum Gasteiger partial charge on any atom is 0.417 e. The number of hydrogen-bond acceptors (Lipinski definition) is 2. The van der Waals surface area contributed by atoms with Crippen molar-refractivity contribution in [3.63, 3.8) is 0 Å². The van der Waals surface area contributed by atoms with Crippen LogP contribution in [0, 0.1) is 18.3 Å². The maximum atomic E-state index is 12.2. The van der Waals surface area contributed by atoms with Crippen LogP contribution in [0.1, 0.15) is 30.7 Å². The van der Waals surface area contributed by atoms with Crippen LogP contribution in [-0.4, -0.2) is 4.98 Å². The topological polar surface area (TPSA) is 36.7 Å². The summed E-state index contributed by atoms with van der Waals surface area (Å²) < 4.78 is 36.7. The minimum atomic E-state index is -4.49. The third-order valence-corrected chi connectivity index (χ3v) is 1.47. The number of alkyl halides is 3. The SMILES string of the molecule is CC.Cc1cc(C(F)(F)F)c(C#N)cn1. The van der Waals surface area contributed by atoms with Crippen LogP contribution < -0.4 is 0 Å². The van der Waals surface area contributed by atoms with Crippen molar-refractivity contribution in [1.29, 1.82) is 5.26 Å². The number of halogens is 3. The van der Waals surface area contributed by atoms with Gasteiger partial charge in [0.05, 0.1) is 11.1 Å². The van der Waals surface area contributed by atoms with Crippen LogP contribution in [-0.2, 0) is 6.18 Å². The molecule has 0 aliphatic heterocycles. The van der Waals surface area contributed by atoms with Gasteiger partial charge in [0, 0.05) is 11.9 Å². The number of pyridine rings is 1. The third-order valence-electron chi connectivity index (χ3n) is 1.47. The molecule has 1 rings (SSSR count). The van der Waals surface area contributed by atoms with Crippen LogP contribution in [0.15, 0.2) is 12.3 Å². The van der Waals surface area contributed by atoms with E-state index in [1.807, 2.05) is 13.8 Å². The highest BCUT2D eigenvalue weighted by Gasteiger charge is 2.33. The molecule has 1 aromatic heterocycles. The molecule has 1 heterocycles. The molecule has 1 aromatic rings. The van der Waals surface area contributed by atoms with Crippen LogP contribution >= 0.6 is 0 Å². The van der Waals surface area contributed by atoms with Gasteiger partial charge in [-0.3, -0.25) is 4.98 Å². The third kappa shape index (κ3) is 3.58. The summed E-state index contributed by atoms with van der Waals surface area (Å²) >= 11 is 0. The van der Waals surface area contributed by atoms with E-state index in [0.29, 0.717) is 0 Å². The Labute approximate surface area is 86.4 Å². The van der Waals surface area contributed by atoms with Gasteiger partial charge < -0.3 is 0 Å². The van der Waals surface area contributed by atoms with E-state index >= 15 is 0 Å². The van der Waals surface area contributed by atoms with E-state index in [-0.39, 0.29) is 5.69 Å². The fourth-order valence-electron chi connectivity index (χ4n) is 0.883. The van der Waals surface area contributed by atoms with Crippen molar-refractivity contribution in [2.45, 2.75) is 26.9 Å². The van der Waals surface area contributed by atoms with Crippen molar-refractivity contribution in [3.05, 3.63) is 29.1 Å². The normalized spacial score (nSPS) is 9.93. The van der Waals surface area contributed by atoms with Gasteiger partial charge in [0.25, 0.3) is 0 Å². The van der Waals surface area contributed by atoms with Gasteiger partial charge in [0.15, 0.2) is 0 Å². The molecule has 0 unspecified atom stereocenters. The Morgan fingerprint density at radius 2 is 1.87 bits per heavy atom. The highest BCUT2D eigenvalue weighted by atomic mass is 19.4. The quantitative estimate of drug-likeness (QED) is 0.667. The Bertz CT molecular complexity index is 364. The lowest BCUT2D eigenvalue weighted by atomic mass is 10.1. The summed E-state index contributed by atoms with van der Waals surface area (Å²) in [6.45, 7) is 5.44. The molecule has 0 aromatic carbocycles. The van der Waals surface area contributed by atoms with Gasteiger partial charge in [-0.15, -0.1) is 0 Å². The smallest absolute Gasteiger partial charge is 0.260 e. The van der Waals surface area contributed by atoms with Gasteiger partial charge in [0.2, 0.25) is 0 Å². The number of nitriles is 1. The molecule has 82 valence electrons. The second-order valence-electron chi connectivity index (χ2n) is 2.48. The van der Waals surface area contributed by atoms with Crippen LogP contribution in [0.25, 0.3) is 0 Å². The summed E-state index contributed by atoms with van der Waals surface area (Å²) in [5.41, 5.74) is -1.13. The summed E-state index contributed by atoms with van der Waals surface area (Å²) in [7, 11) is 0. The number of nitrogens with zero attached hydrogens (tertiary/aromatic N) is 2. The molecule has 0 spiro atoms. The van der Waals surface area contributed by atoms with Gasteiger partial charge in [0.1, 0.15) is 6.07 Å². The summed E-state index contributed by atoms with van der Waals surface area (Å²) in [6.07, 6.45) is -3.56. The van der Waals surface area contributed by atoms with Crippen molar-refractivity contribution >= 4 is 0 Å². The minimum Gasteiger partial charge on any atom is -0.260 e. The highest BCUT2D eigenvalue weighted by molar-refractivity contribution is 5.38. The average Bonchev–Trinajstić information content (AvgIpc) is 2.19. The van der Waals surface area contributed by atoms with Gasteiger partial charge in [-0.05, 0) is 13.0 Å². The predicted octanol–water partition coefficient (Wildman–Crippen LogP) is 3.31. The summed E-state index contributed by atoms with van der Waals surface area (Å²) in [4.78, 5) is 3.60. The molecule has 2 nitrogen and oxygen atoms in total. The van der Waals surface area contributed by atoms with Gasteiger partial charge in [-0.1, -0.05) is 13.8 Å². The summed E-state index contributed by atoms with van der Waals surface area (Å²) in [5.74, 6) is 0. The van der Waals surface area contributed by atoms with Crippen LogP contribution in [0.4, 0.5) is 13.2 Å². The first-order valence-corrected chi connectivity index (χ1v) is 4.39. The first-order valence-electron chi connectivity index (χ1n) is 4.39. The molecule has 0 fully saturated rings. The van der Waals surface area contributed by atoms with Crippen molar-refractivity contribution in [2.75, 3.05) is 0 Å². The minimum absolute atomic E-state index is 0.242. The molecule has 0 bridgehead atoms. The Morgan fingerprint density at radius 1 is 1.33 bits per heavy atom. The van der Waals surface area contributed by atoms with Crippen molar-refractivity contribution in [3.8, 4) is 6.07 Å². The highest BCUT2D eigenvalue weighted by Crippen LogP contribution is 2.31. The first-order chi connectivity index (χ1) is 6.95. The van der Waals surface area contributed by atoms with Gasteiger partial charge in [-0.25, -0.2) is 0 Å². The predicted molar refractivity (Wildman–Crippen MR) is 50.0 cm³/mol. The zero-order chi connectivity index (χ0) is 12.1. The molecule has 0 saturated carbocycles. The molecular formula is C10H11F3N2. The summed E-state index contributed by atoms with van der Waals surface area (Å²) in [5, 5.41) is 8.38. The van der Waals surface area contributed by atoms with Gasteiger partial charge >= 0.3 is 6.18 Å². The number of aromatic nitrogens is 1. The Balaban J connectivity index is 0.000000921. The Hall–Kier alpha value is -1.57. The van der Waals surface area contributed by atoms with Crippen molar-refractivity contribution < 1.29 is 13.2 Å². The van der Waals surface area contributed by atoms with E-state index in [2.05, 4.69) is 4.98 Å².